The van der Waals surface area contributed by atoms with Gasteiger partial charge in [0.2, 0.25) is 0 Å². The summed E-state index contributed by atoms with van der Waals surface area (Å²) < 4.78 is 0. The monoisotopic (exact) mass is 338 g/mol. The molecule has 1 N–H and O–H groups in total. The number of phenols is 1. The normalized spacial score (nSPS) is 13.8. The fraction of sp³-hybridized carbons (Fsp3) is 0.500. The van der Waals surface area contributed by atoms with Gasteiger partial charge in [-0.15, -0.1) is 0 Å². The summed E-state index contributed by atoms with van der Waals surface area (Å²) in [6.45, 7) is 19.8. The summed E-state index contributed by atoms with van der Waals surface area (Å²) in [5, 5.41) is 10.7. The summed E-state index contributed by atoms with van der Waals surface area (Å²) in [6, 6.07) is 11.1. The zero-order chi connectivity index (χ0) is 19.2. The van der Waals surface area contributed by atoms with Crippen molar-refractivity contribution in [1.29, 1.82) is 0 Å². The fourth-order valence-electron chi connectivity index (χ4n) is 3.25. The molecule has 0 aliphatic rings. The number of phenolic OH excluding ortho intramolecular Hbond substituents is 1. The van der Waals surface area contributed by atoms with E-state index in [0.717, 1.165) is 11.1 Å². The highest BCUT2D eigenvalue weighted by Crippen LogP contribution is 2.38. The van der Waals surface area contributed by atoms with Crippen LogP contribution in [0.1, 0.15) is 87.8 Å². The third kappa shape index (κ3) is 4.26. The van der Waals surface area contributed by atoms with Crippen molar-refractivity contribution in [2.45, 2.75) is 79.1 Å². The van der Waals surface area contributed by atoms with Crippen molar-refractivity contribution in [3.8, 4) is 5.75 Å². The topological polar surface area (TPSA) is 20.2 Å². The summed E-state index contributed by atoms with van der Waals surface area (Å²) in [7, 11) is 0. The van der Waals surface area contributed by atoms with Gasteiger partial charge in [0.25, 0.3) is 0 Å². The molecular formula is C24H34O. The standard InChI is InChI=1S/C24H34O/c1-15-10-18(13-19(11-15)23(4,5)6)17(3)21-14-20(24(7,8)9)12-16(2)22(21)25/h10-14,17,25H,1-9H3. The molecule has 0 amide bonds. The van der Waals surface area contributed by atoms with Crippen LogP contribution in [0.15, 0.2) is 30.3 Å². The molecule has 2 aromatic rings. The molecule has 1 heteroatoms. The van der Waals surface area contributed by atoms with Crippen LogP contribution in [0.2, 0.25) is 0 Å². The molecule has 1 atom stereocenters. The minimum atomic E-state index is 0.0656. The van der Waals surface area contributed by atoms with Crippen LogP contribution < -0.4 is 0 Å². The van der Waals surface area contributed by atoms with Crippen molar-refractivity contribution in [2.75, 3.05) is 0 Å². The first kappa shape index (κ1) is 19.6. The van der Waals surface area contributed by atoms with E-state index in [0.29, 0.717) is 5.75 Å². The van der Waals surface area contributed by atoms with E-state index in [-0.39, 0.29) is 16.7 Å². The molecule has 0 aromatic heterocycles. The van der Waals surface area contributed by atoms with Gasteiger partial charge in [0.1, 0.15) is 5.75 Å². The van der Waals surface area contributed by atoms with Crippen LogP contribution in [-0.2, 0) is 10.8 Å². The van der Waals surface area contributed by atoms with Crippen molar-refractivity contribution >= 4 is 0 Å². The summed E-state index contributed by atoms with van der Waals surface area (Å²) in [4.78, 5) is 0. The Balaban J connectivity index is 2.60. The molecule has 1 unspecified atom stereocenters. The van der Waals surface area contributed by atoms with Crippen LogP contribution in [0.5, 0.6) is 5.75 Å². The second-order valence-corrected chi connectivity index (χ2v) is 9.59. The third-order valence-electron chi connectivity index (χ3n) is 5.13. The van der Waals surface area contributed by atoms with Gasteiger partial charge in [-0.1, -0.05) is 84.4 Å². The SMILES string of the molecule is Cc1cc(C(C)c2cc(C(C)(C)C)cc(C)c2O)cc(C(C)(C)C)c1. The van der Waals surface area contributed by atoms with Gasteiger partial charge in [-0.25, -0.2) is 0 Å². The molecule has 0 aliphatic heterocycles. The van der Waals surface area contributed by atoms with Gasteiger partial charge in [-0.2, -0.15) is 0 Å². The minimum Gasteiger partial charge on any atom is -0.507 e. The van der Waals surface area contributed by atoms with Gasteiger partial charge in [0.15, 0.2) is 0 Å². The number of hydrogen-bond acceptors (Lipinski definition) is 1. The van der Waals surface area contributed by atoms with Crippen LogP contribution in [0, 0.1) is 13.8 Å². The molecule has 2 aromatic carbocycles. The van der Waals surface area contributed by atoms with Gasteiger partial charge in [-0.05, 0) is 46.9 Å². The Morgan fingerprint density at radius 3 is 1.80 bits per heavy atom. The van der Waals surface area contributed by atoms with Crippen molar-refractivity contribution < 1.29 is 5.11 Å². The predicted octanol–water partition coefficient (Wildman–Crippen LogP) is 6.76. The van der Waals surface area contributed by atoms with Gasteiger partial charge in [0, 0.05) is 11.5 Å². The highest BCUT2D eigenvalue weighted by molar-refractivity contribution is 5.50. The lowest BCUT2D eigenvalue weighted by Crippen LogP contribution is -2.14. The number of benzene rings is 2. The Morgan fingerprint density at radius 2 is 1.28 bits per heavy atom. The van der Waals surface area contributed by atoms with Crippen LogP contribution in [-0.4, -0.2) is 5.11 Å². The molecule has 25 heavy (non-hydrogen) atoms. The predicted molar refractivity (Wildman–Crippen MR) is 109 cm³/mol. The molecule has 0 fully saturated rings. The summed E-state index contributed by atoms with van der Waals surface area (Å²) in [5.41, 5.74) is 7.32. The molecule has 0 heterocycles. The number of hydrogen-bond donors (Lipinski definition) is 1. The van der Waals surface area contributed by atoms with E-state index in [1.807, 2.05) is 6.92 Å². The molecule has 0 saturated heterocycles. The average Bonchev–Trinajstić information content (AvgIpc) is 2.46. The zero-order valence-corrected chi connectivity index (χ0v) is 17.4. The van der Waals surface area contributed by atoms with E-state index in [2.05, 4.69) is 85.7 Å². The lowest BCUT2D eigenvalue weighted by molar-refractivity contribution is 0.460. The first-order valence-electron chi connectivity index (χ1n) is 9.27. The van der Waals surface area contributed by atoms with E-state index in [9.17, 15) is 5.11 Å². The number of aryl methyl sites for hydroxylation is 2. The number of aromatic hydroxyl groups is 1. The Morgan fingerprint density at radius 1 is 0.760 bits per heavy atom. The molecule has 1 nitrogen and oxygen atoms in total. The maximum Gasteiger partial charge on any atom is 0.122 e. The van der Waals surface area contributed by atoms with Crippen molar-refractivity contribution in [3.63, 3.8) is 0 Å². The van der Waals surface area contributed by atoms with E-state index in [4.69, 9.17) is 0 Å². The van der Waals surface area contributed by atoms with Gasteiger partial charge < -0.3 is 5.11 Å². The molecule has 0 spiro atoms. The lowest BCUT2D eigenvalue weighted by atomic mass is 9.80. The van der Waals surface area contributed by atoms with E-state index >= 15 is 0 Å². The molecule has 0 saturated carbocycles. The van der Waals surface area contributed by atoms with Crippen molar-refractivity contribution in [3.05, 3.63) is 63.7 Å². The Bertz CT molecular complexity index is 770. The summed E-state index contributed by atoms with van der Waals surface area (Å²) in [6.07, 6.45) is 0. The second kappa shape index (κ2) is 6.52. The fourth-order valence-corrected chi connectivity index (χ4v) is 3.25. The molecular weight excluding hydrogens is 304 g/mol. The summed E-state index contributed by atoms with van der Waals surface area (Å²) >= 11 is 0. The van der Waals surface area contributed by atoms with Gasteiger partial charge in [0.05, 0.1) is 0 Å². The molecule has 0 radical (unpaired) electrons. The van der Waals surface area contributed by atoms with E-state index < -0.39 is 0 Å². The van der Waals surface area contributed by atoms with Gasteiger partial charge in [-0.3, -0.25) is 0 Å². The zero-order valence-electron chi connectivity index (χ0n) is 17.4. The van der Waals surface area contributed by atoms with Crippen molar-refractivity contribution in [1.82, 2.24) is 0 Å². The lowest BCUT2D eigenvalue weighted by Gasteiger charge is -2.25. The first-order valence-corrected chi connectivity index (χ1v) is 9.27. The van der Waals surface area contributed by atoms with E-state index in [1.165, 1.54) is 22.3 Å². The van der Waals surface area contributed by atoms with E-state index in [1.54, 1.807) is 0 Å². The largest absolute Gasteiger partial charge is 0.507 e. The highest BCUT2D eigenvalue weighted by atomic mass is 16.3. The van der Waals surface area contributed by atoms with Crippen LogP contribution in [0.4, 0.5) is 0 Å². The van der Waals surface area contributed by atoms with Crippen LogP contribution in [0.3, 0.4) is 0 Å². The molecule has 0 bridgehead atoms. The minimum absolute atomic E-state index is 0.0656. The van der Waals surface area contributed by atoms with Crippen LogP contribution >= 0.6 is 0 Å². The molecule has 0 aliphatic carbocycles. The molecule has 2 rings (SSSR count). The summed E-state index contributed by atoms with van der Waals surface area (Å²) in [5.74, 6) is 0.585. The Labute approximate surface area is 154 Å². The highest BCUT2D eigenvalue weighted by Gasteiger charge is 2.22. The Hall–Kier alpha value is -1.76. The maximum atomic E-state index is 10.7. The Kier molecular flexibility index (Phi) is 5.10. The van der Waals surface area contributed by atoms with Crippen molar-refractivity contribution in [2.24, 2.45) is 0 Å². The third-order valence-corrected chi connectivity index (χ3v) is 5.13. The quantitative estimate of drug-likeness (QED) is 0.641. The molecule has 136 valence electrons. The maximum absolute atomic E-state index is 10.7. The number of rotatable bonds is 2. The second-order valence-electron chi connectivity index (χ2n) is 9.59. The smallest absolute Gasteiger partial charge is 0.122 e. The van der Waals surface area contributed by atoms with Gasteiger partial charge >= 0.3 is 0 Å². The average molecular weight is 339 g/mol. The first-order chi connectivity index (χ1) is 11.3. The van der Waals surface area contributed by atoms with Crippen LogP contribution in [0.25, 0.3) is 0 Å².